The predicted molar refractivity (Wildman–Crippen MR) is 252 cm³/mol. The molecule has 0 heterocycles. The van der Waals surface area contributed by atoms with E-state index < -0.39 is 6.10 Å². The van der Waals surface area contributed by atoms with Crippen LogP contribution in [0.4, 0.5) is 0 Å². The van der Waals surface area contributed by atoms with Gasteiger partial charge in [0.2, 0.25) is 0 Å². The molecule has 0 aliphatic carbocycles. The average molecular weight is 835 g/mol. The maximum atomic E-state index is 12.8. The normalized spacial score (nSPS) is 11.9. The summed E-state index contributed by atoms with van der Waals surface area (Å²) in [7, 11) is 0. The smallest absolute Gasteiger partial charge is 0.306 e. The second kappa shape index (κ2) is 47.5. The minimum atomic E-state index is -0.760. The third-order valence-electron chi connectivity index (χ3n) is 12.0. The Labute approximate surface area is 368 Å². The zero-order valence-electron chi connectivity index (χ0n) is 40.2. The third kappa shape index (κ3) is 47.3. The van der Waals surface area contributed by atoms with E-state index >= 15 is 0 Å². The lowest BCUT2D eigenvalue weighted by Crippen LogP contribution is -2.30. The molecule has 0 aromatic heterocycles. The Kier molecular flexibility index (Phi) is 46.2. The summed E-state index contributed by atoms with van der Waals surface area (Å²) >= 11 is 0. The Morgan fingerprint density at radius 3 is 0.831 bits per heavy atom. The van der Waals surface area contributed by atoms with Crippen LogP contribution in [0.25, 0.3) is 0 Å². The highest BCUT2D eigenvalue weighted by Crippen LogP contribution is 2.17. The van der Waals surface area contributed by atoms with Crippen molar-refractivity contribution in [1.82, 2.24) is 0 Å². The molecule has 0 aromatic carbocycles. The van der Waals surface area contributed by atoms with Crippen molar-refractivity contribution in [2.24, 2.45) is 5.92 Å². The first kappa shape index (κ1) is 57.4. The van der Waals surface area contributed by atoms with Gasteiger partial charge in [-0.15, -0.1) is 0 Å². The molecule has 1 atom stereocenters. The van der Waals surface area contributed by atoms with E-state index in [1.807, 2.05) is 0 Å². The zero-order chi connectivity index (χ0) is 43.1. The fraction of sp³-hybridized carbons (Fsp3) is 0.943. The second-order valence-corrected chi connectivity index (χ2v) is 18.6. The maximum absolute atomic E-state index is 12.8. The van der Waals surface area contributed by atoms with Gasteiger partial charge in [0.1, 0.15) is 13.2 Å². The van der Waals surface area contributed by atoms with Gasteiger partial charge >= 0.3 is 17.9 Å². The summed E-state index contributed by atoms with van der Waals surface area (Å²) < 4.78 is 16.8. The van der Waals surface area contributed by atoms with Gasteiger partial charge in [-0.25, -0.2) is 0 Å². The van der Waals surface area contributed by atoms with Crippen LogP contribution in [0.5, 0.6) is 0 Å². The molecule has 0 unspecified atom stereocenters. The lowest BCUT2D eigenvalue weighted by Gasteiger charge is -2.18. The van der Waals surface area contributed by atoms with Gasteiger partial charge in [-0.1, -0.05) is 259 Å². The molecule has 0 fully saturated rings. The molecule has 350 valence electrons. The zero-order valence-corrected chi connectivity index (χ0v) is 40.2. The fourth-order valence-corrected chi connectivity index (χ4v) is 8.04. The van der Waals surface area contributed by atoms with Crippen LogP contribution in [0.3, 0.4) is 0 Å². The minimum Gasteiger partial charge on any atom is -0.462 e. The molecule has 0 saturated carbocycles. The van der Waals surface area contributed by atoms with Crippen molar-refractivity contribution < 1.29 is 28.6 Å². The highest BCUT2D eigenvalue weighted by Gasteiger charge is 2.19. The Balaban J connectivity index is 4.27. The molecule has 0 bridgehead atoms. The maximum Gasteiger partial charge on any atom is 0.306 e. The largest absolute Gasteiger partial charge is 0.462 e. The number of hydrogen-bond donors (Lipinski definition) is 0. The van der Waals surface area contributed by atoms with Crippen LogP contribution in [0.15, 0.2) is 0 Å². The molecule has 0 aromatic rings. The summed E-state index contributed by atoms with van der Waals surface area (Å²) in [4.78, 5) is 37.9. The molecule has 59 heavy (non-hydrogen) atoms. The van der Waals surface area contributed by atoms with Crippen molar-refractivity contribution in [3.05, 3.63) is 0 Å². The molecule has 0 aliphatic rings. The molecule has 0 aliphatic heterocycles. The average Bonchev–Trinajstić information content (AvgIpc) is 3.22. The molecule has 6 heteroatoms. The highest BCUT2D eigenvalue weighted by molar-refractivity contribution is 5.71. The van der Waals surface area contributed by atoms with E-state index in [1.54, 1.807) is 0 Å². The SMILES string of the molecule is CCCCCCCCCCCCCCC(=O)OC[C@H](COC(=O)CCCCCCCCCCCCCCCCC(C)C)OC(=O)CCCCCCCCCCCCCC. The summed E-state index contributed by atoms with van der Waals surface area (Å²) in [5.41, 5.74) is 0. The third-order valence-corrected chi connectivity index (χ3v) is 12.0. The molecule has 0 amide bonds. The van der Waals surface area contributed by atoms with E-state index in [2.05, 4.69) is 27.7 Å². The minimum absolute atomic E-state index is 0.0625. The molecular weight excluding hydrogens is 733 g/mol. The van der Waals surface area contributed by atoms with Crippen LogP contribution in [0.1, 0.15) is 297 Å². The van der Waals surface area contributed by atoms with Crippen LogP contribution in [0, 0.1) is 5.92 Å². The number of carbonyl (C=O) groups excluding carboxylic acids is 3. The standard InChI is InChI=1S/C53H102O6/c1-5-7-9-11-13-15-17-24-28-32-36-40-44-51(54)57-47-50(59-53(56)46-42-38-34-30-25-18-16-14-12-10-8-6-2)48-58-52(55)45-41-37-33-29-26-22-20-19-21-23-27-31-35-39-43-49(3)4/h49-50H,5-48H2,1-4H3/t50-/m1/s1. The Bertz CT molecular complexity index is 887. The van der Waals surface area contributed by atoms with E-state index in [-0.39, 0.29) is 31.1 Å². The predicted octanol–water partition coefficient (Wildman–Crippen LogP) is 17.1. The Hall–Kier alpha value is -1.59. The number of unbranched alkanes of at least 4 members (excludes halogenated alkanes) is 35. The first-order chi connectivity index (χ1) is 28.9. The lowest BCUT2D eigenvalue weighted by molar-refractivity contribution is -0.167. The number of hydrogen-bond acceptors (Lipinski definition) is 6. The summed E-state index contributed by atoms with van der Waals surface area (Å²) in [6.45, 7) is 9.04. The number of carbonyl (C=O) groups is 3. The van der Waals surface area contributed by atoms with Gasteiger partial charge in [-0.2, -0.15) is 0 Å². The number of ether oxygens (including phenoxy) is 3. The first-order valence-electron chi connectivity index (χ1n) is 26.4. The van der Waals surface area contributed by atoms with Crippen molar-refractivity contribution in [2.75, 3.05) is 13.2 Å². The molecule has 0 saturated heterocycles. The topological polar surface area (TPSA) is 78.9 Å². The molecule has 0 spiro atoms. The lowest BCUT2D eigenvalue weighted by atomic mass is 10.0. The van der Waals surface area contributed by atoms with Gasteiger partial charge in [-0.3, -0.25) is 14.4 Å². The van der Waals surface area contributed by atoms with Crippen molar-refractivity contribution >= 4 is 17.9 Å². The molecule has 0 N–H and O–H groups in total. The van der Waals surface area contributed by atoms with Crippen molar-refractivity contribution in [3.8, 4) is 0 Å². The molecule has 0 radical (unpaired) electrons. The number of rotatable bonds is 48. The van der Waals surface area contributed by atoms with Crippen LogP contribution < -0.4 is 0 Å². The van der Waals surface area contributed by atoms with Crippen LogP contribution >= 0.6 is 0 Å². The monoisotopic (exact) mass is 835 g/mol. The van der Waals surface area contributed by atoms with Gasteiger partial charge in [-0.05, 0) is 25.2 Å². The van der Waals surface area contributed by atoms with Crippen molar-refractivity contribution in [1.29, 1.82) is 0 Å². The summed E-state index contributed by atoms with van der Waals surface area (Å²) in [6.07, 6.45) is 49.4. The van der Waals surface area contributed by atoms with Gasteiger partial charge < -0.3 is 14.2 Å². The van der Waals surface area contributed by atoms with E-state index in [4.69, 9.17) is 14.2 Å². The Morgan fingerprint density at radius 2 is 0.559 bits per heavy atom. The highest BCUT2D eigenvalue weighted by atomic mass is 16.6. The van der Waals surface area contributed by atoms with E-state index in [1.165, 1.54) is 193 Å². The molecular formula is C53H102O6. The quantitative estimate of drug-likeness (QED) is 0.0345. The van der Waals surface area contributed by atoms with E-state index in [0.717, 1.165) is 63.7 Å². The van der Waals surface area contributed by atoms with Gasteiger partial charge in [0.25, 0.3) is 0 Å². The van der Waals surface area contributed by atoms with Crippen LogP contribution in [-0.4, -0.2) is 37.2 Å². The number of esters is 3. The van der Waals surface area contributed by atoms with Gasteiger partial charge in [0.15, 0.2) is 6.10 Å². The molecule has 0 rings (SSSR count). The van der Waals surface area contributed by atoms with Gasteiger partial charge in [0, 0.05) is 19.3 Å². The Morgan fingerprint density at radius 1 is 0.322 bits per heavy atom. The summed E-state index contributed by atoms with van der Waals surface area (Å²) in [5, 5.41) is 0. The van der Waals surface area contributed by atoms with Gasteiger partial charge in [0.05, 0.1) is 0 Å². The fourth-order valence-electron chi connectivity index (χ4n) is 8.04. The van der Waals surface area contributed by atoms with Crippen LogP contribution in [0.2, 0.25) is 0 Å². The van der Waals surface area contributed by atoms with E-state index in [0.29, 0.717) is 19.3 Å². The van der Waals surface area contributed by atoms with Crippen molar-refractivity contribution in [2.45, 2.75) is 303 Å². The van der Waals surface area contributed by atoms with Crippen LogP contribution in [-0.2, 0) is 28.6 Å². The van der Waals surface area contributed by atoms with Crippen molar-refractivity contribution in [3.63, 3.8) is 0 Å². The first-order valence-corrected chi connectivity index (χ1v) is 26.4. The summed E-state index contributed by atoms with van der Waals surface area (Å²) in [5.74, 6) is 0.00210. The second-order valence-electron chi connectivity index (χ2n) is 18.6. The molecule has 6 nitrogen and oxygen atoms in total. The summed E-state index contributed by atoms with van der Waals surface area (Å²) in [6, 6.07) is 0. The van der Waals surface area contributed by atoms with E-state index in [9.17, 15) is 14.4 Å².